The van der Waals surface area contributed by atoms with E-state index in [4.69, 9.17) is 5.73 Å². The summed E-state index contributed by atoms with van der Waals surface area (Å²) in [6, 6.07) is 0. The molecule has 2 saturated carbocycles. The fraction of sp³-hybridized carbons (Fsp3) is 0.941. The SMILES string of the molecule is NCC1CCCC(C(=O)N2CCC3CCCCC3C2)C1. The Labute approximate surface area is 123 Å². The predicted octanol–water partition coefficient (Wildman–Crippen LogP) is 2.79. The van der Waals surface area contributed by atoms with Crippen molar-refractivity contribution in [1.29, 1.82) is 0 Å². The molecule has 1 heterocycles. The zero-order valence-corrected chi connectivity index (χ0v) is 12.7. The summed E-state index contributed by atoms with van der Waals surface area (Å²) in [5.41, 5.74) is 5.81. The van der Waals surface area contributed by atoms with Crippen LogP contribution in [0.5, 0.6) is 0 Å². The smallest absolute Gasteiger partial charge is 0.225 e. The third kappa shape index (κ3) is 3.03. The molecule has 114 valence electrons. The van der Waals surface area contributed by atoms with Crippen LogP contribution in [0.4, 0.5) is 0 Å². The Morgan fingerprint density at radius 3 is 2.60 bits per heavy atom. The van der Waals surface area contributed by atoms with Gasteiger partial charge in [-0.25, -0.2) is 0 Å². The van der Waals surface area contributed by atoms with Gasteiger partial charge in [-0.3, -0.25) is 4.79 Å². The maximum Gasteiger partial charge on any atom is 0.225 e. The van der Waals surface area contributed by atoms with Crippen molar-refractivity contribution < 1.29 is 4.79 Å². The summed E-state index contributed by atoms with van der Waals surface area (Å²) in [6.45, 7) is 2.82. The van der Waals surface area contributed by atoms with Crippen LogP contribution in [0.25, 0.3) is 0 Å². The quantitative estimate of drug-likeness (QED) is 0.844. The molecule has 3 fully saturated rings. The van der Waals surface area contributed by atoms with E-state index in [1.807, 2.05) is 0 Å². The molecule has 3 aliphatic rings. The molecule has 3 rings (SSSR count). The van der Waals surface area contributed by atoms with Crippen LogP contribution < -0.4 is 5.73 Å². The van der Waals surface area contributed by atoms with Crippen molar-refractivity contribution in [3.63, 3.8) is 0 Å². The molecule has 0 aromatic rings. The first-order valence-electron chi connectivity index (χ1n) is 8.76. The average Bonchev–Trinajstić information content (AvgIpc) is 2.53. The summed E-state index contributed by atoms with van der Waals surface area (Å²) in [7, 11) is 0. The molecule has 4 atom stereocenters. The lowest BCUT2D eigenvalue weighted by molar-refractivity contribution is -0.140. The van der Waals surface area contributed by atoms with E-state index >= 15 is 0 Å². The van der Waals surface area contributed by atoms with E-state index in [1.54, 1.807) is 0 Å². The highest BCUT2D eigenvalue weighted by Crippen LogP contribution is 2.37. The molecule has 0 bridgehead atoms. The maximum absolute atomic E-state index is 12.8. The monoisotopic (exact) mass is 278 g/mol. The molecule has 3 heteroatoms. The van der Waals surface area contributed by atoms with Crippen LogP contribution >= 0.6 is 0 Å². The lowest BCUT2D eigenvalue weighted by Gasteiger charge is -2.43. The molecule has 0 aromatic heterocycles. The second-order valence-corrected chi connectivity index (χ2v) is 7.34. The van der Waals surface area contributed by atoms with Gasteiger partial charge in [0.25, 0.3) is 0 Å². The number of nitrogens with zero attached hydrogens (tertiary/aromatic N) is 1. The van der Waals surface area contributed by atoms with Crippen LogP contribution in [-0.4, -0.2) is 30.4 Å². The van der Waals surface area contributed by atoms with E-state index in [0.717, 1.165) is 44.3 Å². The molecule has 2 N–H and O–H groups in total. The van der Waals surface area contributed by atoms with Gasteiger partial charge in [-0.05, 0) is 56.4 Å². The van der Waals surface area contributed by atoms with E-state index in [9.17, 15) is 4.79 Å². The number of hydrogen-bond donors (Lipinski definition) is 1. The summed E-state index contributed by atoms with van der Waals surface area (Å²) in [5, 5.41) is 0. The van der Waals surface area contributed by atoms with Crippen LogP contribution in [0.2, 0.25) is 0 Å². The Balaban J connectivity index is 1.57. The van der Waals surface area contributed by atoms with Gasteiger partial charge in [0.2, 0.25) is 5.91 Å². The van der Waals surface area contributed by atoms with Crippen LogP contribution in [0.3, 0.4) is 0 Å². The number of hydrogen-bond acceptors (Lipinski definition) is 2. The van der Waals surface area contributed by atoms with Crippen LogP contribution in [0, 0.1) is 23.7 Å². The minimum Gasteiger partial charge on any atom is -0.342 e. The number of amides is 1. The Hall–Kier alpha value is -0.570. The molecule has 1 amide bonds. The average molecular weight is 278 g/mol. The summed E-state index contributed by atoms with van der Waals surface area (Å²) < 4.78 is 0. The van der Waals surface area contributed by atoms with Gasteiger partial charge in [0.05, 0.1) is 0 Å². The molecule has 20 heavy (non-hydrogen) atoms. The second-order valence-electron chi connectivity index (χ2n) is 7.34. The van der Waals surface area contributed by atoms with Crippen LogP contribution in [0.1, 0.15) is 57.8 Å². The third-order valence-corrected chi connectivity index (χ3v) is 6.07. The molecule has 4 unspecified atom stereocenters. The lowest BCUT2D eigenvalue weighted by atomic mass is 9.74. The molecule has 1 aliphatic heterocycles. The highest BCUT2D eigenvalue weighted by Gasteiger charge is 2.36. The Kier molecular flexibility index (Phi) is 4.65. The number of likely N-dealkylation sites (tertiary alicyclic amines) is 1. The Morgan fingerprint density at radius 1 is 1.00 bits per heavy atom. The van der Waals surface area contributed by atoms with Gasteiger partial charge in [0.1, 0.15) is 0 Å². The van der Waals surface area contributed by atoms with Crippen molar-refractivity contribution in [3.8, 4) is 0 Å². The van der Waals surface area contributed by atoms with E-state index < -0.39 is 0 Å². The van der Waals surface area contributed by atoms with Gasteiger partial charge in [-0.2, -0.15) is 0 Å². The maximum atomic E-state index is 12.8. The highest BCUT2D eigenvalue weighted by molar-refractivity contribution is 5.79. The molecule has 1 saturated heterocycles. The molecule has 0 aromatic carbocycles. The molecule has 0 spiro atoms. The molecule has 0 radical (unpaired) electrons. The van der Waals surface area contributed by atoms with Crippen molar-refractivity contribution >= 4 is 5.91 Å². The second kappa shape index (κ2) is 6.46. The van der Waals surface area contributed by atoms with Gasteiger partial charge < -0.3 is 10.6 Å². The molecule has 2 aliphatic carbocycles. The minimum atomic E-state index is 0.275. The minimum absolute atomic E-state index is 0.275. The number of fused-ring (bicyclic) bond motifs is 1. The van der Waals surface area contributed by atoms with Crippen molar-refractivity contribution in [2.45, 2.75) is 57.8 Å². The fourth-order valence-corrected chi connectivity index (χ4v) is 4.79. The zero-order chi connectivity index (χ0) is 13.9. The largest absolute Gasteiger partial charge is 0.342 e. The first-order valence-corrected chi connectivity index (χ1v) is 8.76. The summed E-state index contributed by atoms with van der Waals surface area (Å²) >= 11 is 0. The number of nitrogens with two attached hydrogens (primary N) is 1. The van der Waals surface area contributed by atoms with E-state index in [1.165, 1.54) is 44.9 Å². The highest BCUT2D eigenvalue weighted by atomic mass is 16.2. The van der Waals surface area contributed by atoms with Gasteiger partial charge >= 0.3 is 0 Å². The van der Waals surface area contributed by atoms with Gasteiger partial charge in [-0.15, -0.1) is 0 Å². The van der Waals surface area contributed by atoms with Crippen LogP contribution in [-0.2, 0) is 4.79 Å². The number of carbonyl (C=O) groups is 1. The predicted molar refractivity (Wildman–Crippen MR) is 81.1 cm³/mol. The van der Waals surface area contributed by atoms with E-state index in [-0.39, 0.29) is 5.92 Å². The zero-order valence-electron chi connectivity index (χ0n) is 12.7. The third-order valence-electron chi connectivity index (χ3n) is 6.07. The van der Waals surface area contributed by atoms with Crippen molar-refractivity contribution in [2.75, 3.05) is 19.6 Å². The van der Waals surface area contributed by atoms with Gasteiger partial charge in [0.15, 0.2) is 0 Å². The summed E-state index contributed by atoms with van der Waals surface area (Å²) in [5.74, 6) is 3.03. The summed E-state index contributed by atoms with van der Waals surface area (Å²) in [6.07, 6.45) is 11.4. The first-order chi connectivity index (χ1) is 9.78. The molecule has 3 nitrogen and oxygen atoms in total. The molecular formula is C17H30N2O. The number of piperidine rings is 1. The molecular weight excluding hydrogens is 248 g/mol. The standard InChI is InChI=1S/C17H30N2O/c18-11-13-4-3-7-15(10-13)17(20)19-9-8-14-5-1-2-6-16(14)12-19/h13-16H,1-12,18H2. The van der Waals surface area contributed by atoms with Crippen LogP contribution in [0.15, 0.2) is 0 Å². The van der Waals surface area contributed by atoms with E-state index in [0.29, 0.717) is 11.8 Å². The first kappa shape index (κ1) is 14.4. The van der Waals surface area contributed by atoms with Crippen molar-refractivity contribution in [3.05, 3.63) is 0 Å². The van der Waals surface area contributed by atoms with Crippen molar-refractivity contribution in [2.24, 2.45) is 29.4 Å². The van der Waals surface area contributed by atoms with Crippen molar-refractivity contribution in [1.82, 2.24) is 4.90 Å². The lowest BCUT2D eigenvalue weighted by Crippen LogP contribution is -2.47. The topological polar surface area (TPSA) is 46.3 Å². The number of carbonyl (C=O) groups excluding carboxylic acids is 1. The van der Waals surface area contributed by atoms with E-state index in [2.05, 4.69) is 4.90 Å². The normalized spacial score (nSPS) is 38.4. The Bertz CT molecular complexity index is 344. The fourth-order valence-electron chi connectivity index (χ4n) is 4.79. The van der Waals surface area contributed by atoms with Gasteiger partial charge in [-0.1, -0.05) is 25.7 Å². The Morgan fingerprint density at radius 2 is 1.80 bits per heavy atom. The van der Waals surface area contributed by atoms with Gasteiger partial charge in [0, 0.05) is 19.0 Å². The summed E-state index contributed by atoms with van der Waals surface area (Å²) in [4.78, 5) is 15.0. The number of rotatable bonds is 2.